The van der Waals surface area contributed by atoms with Crippen LogP contribution in [0.4, 0.5) is 0 Å². The predicted molar refractivity (Wildman–Crippen MR) is 100 cm³/mol. The summed E-state index contributed by atoms with van der Waals surface area (Å²) in [6, 6.07) is 7.23. The van der Waals surface area contributed by atoms with Gasteiger partial charge in [0.1, 0.15) is 18.1 Å². The number of hydrogen-bond donors (Lipinski definition) is 0. The van der Waals surface area contributed by atoms with Crippen LogP contribution < -0.4 is 9.47 Å². The van der Waals surface area contributed by atoms with E-state index in [0.29, 0.717) is 28.5 Å². The second-order valence-corrected chi connectivity index (χ2v) is 6.54. The second kappa shape index (κ2) is 6.93. The first kappa shape index (κ1) is 17.6. The van der Waals surface area contributed by atoms with Gasteiger partial charge >= 0.3 is 0 Å². The molecule has 2 aromatic carbocycles. The highest BCUT2D eigenvalue weighted by atomic mass is 35.5. The zero-order valence-corrected chi connectivity index (χ0v) is 15.4. The fourth-order valence-electron chi connectivity index (χ4n) is 3.17. The molecule has 1 heterocycles. The summed E-state index contributed by atoms with van der Waals surface area (Å²) in [6.45, 7) is 10.6. The summed E-state index contributed by atoms with van der Waals surface area (Å²) in [5.74, 6) is 1.31. The van der Waals surface area contributed by atoms with E-state index in [1.807, 2.05) is 32.9 Å². The van der Waals surface area contributed by atoms with Gasteiger partial charge in [-0.15, -0.1) is 6.58 Å². The number of benzene rings is 2. The lowest BCUT2D eigenvalue weighted by Gasteiger charge is -2.20. The monoisotopic (exact) mass is 356 g/mol. The lowest BCUT2D eigenvalue weighted by Crippen LogP contribution is -2.08. The van der Waals surface area contributed by atoms with Crippen LogP contribution in [0.5, 0.6) is 11.5 Å². The molecule has 2 aromatic rings. The molecule has 1 aliphatic heterocycles. The zero-order chi connectivity index (χ0) is 18.1. The van der Waals surface area contributed by atoms with Gasteiger partial charge in [0.15, 0.2) is 5.78 Å². The summed E-state index contributed by atoms with van der Waals surface area (Å²) in [5.41, 5.74) is 3.63. The molecule has 0 spiro atoms. The third-order valence-corrected chi connectivity index (χ3v) is 4.94. The molecule has 1 aliphatic rings. The van der Waals surface area contributed by atoms with Gasteiger partial charge in [0.2, 0.25) is 0 Å². The number of ether oxygens (including phenoxy) is 2. The summed E-state index contributed by atoms with van der Waals surface area (Å²) >= 11 is 6.28. The van der Waals surface area contributed by atoms with Crippen molar-refractivity contribution in [3.8, 4) is 11.5 Å². The first-order valence-electron chi connectivity index (χ1n) is 8.37. The minimum atomic E-state index is -0.0753. The highest BCUT2D eigenvalue weighted by Gasteiger charge is 2.28. The van der Waals surface area contributed by atoms with Crippen LogP contribution in [0.2, 0.25) is 5.02 Å². The molecular weight excluding hydrogens is 336 g/mol. The van der Waals surface area contributed by atoms with Crippen molar-refractivity contribution < 1.29 is 14.3 Å². The maximum absolute atomic E-state index is 13.2. The Labute approximate surface area is 153 Å². The number of carbonyl (C=O) groups excluding carboxylic acids is 1. The molecule has 1 atom stereocenters. The third kappa shape index (κ3) is 2.93. The Morgan fingerprint density at radius 2 is 2.16 bits per heavy atom. The zero-order valence-electron chi connectivity index (χ0n) is 14.7. The predicted octanol–water partition coefficient (Wildman–Crippen LogP) is 5.46. The first-order chi connectivity index (χ1) is 12.0. The number of fused-ring (bicyclic) bond motifs is 2. The van der Waals surface area contributed by atoms with E-state index in [9.17, 15) is 4.79 Å². The van der Waals surface area contributed by atoms with Crippen molar-refractivity contribution in [3.63, 3.8) is 0 Å². The van der Waals surface area contributed by atoms with E-state index >= 15 is 0 Å². The van der Waals surface area contributed by atoms with Crippen LogP contribution in [0.25, 0.3) is 0 Å². The van der Waals surface area contributed by atoms with Crippen LogP contribution in [-0.4, -0.2) is 12.4 Å². The minimum absolute atomic E-state index is 0.0560. The van der Waals surface area contributed by atoms with E-state index < -0.39 is 0 Å². The summed E-state index contributed by atoms with van der Waals surface area (Å²) in [7, 11) is 0. The molecule has 1 unspecified atom stereocenters. The Morgan fingerprint density at radius 1 is 1.40 bits per heavy atom. The summed E-state index contributed by atoms with van der Waals surface area (Å²) in [6.07, 6.45) is 1.84. The molecular formula is C21H21ClO3. The van der Waals surface area contributed by atoms with Crippen LogP contribution in [0.3, 0.4) is 0 Å². The maximum Gasteiger partial charge on any atom is 0.197 e. The molecule has 3 nitrogen and oxygen atoms in total. The van der Waals surface area contributed by atoms with Crippen LogP contribution in [-0.2, 0) is 6.61 Å². The van der Waals surface area contributed by atoms with E-state index in [0.717, 1.165) is 22.4 Å². The molecule has 0 saturated carbocycles. The maximum atomic E-state index is 13.2. The van der Waals surface area contributed by atoms with Crippen LogP contribution in [0.1, 0.15) is 52.4 Å². The average Bonchev–Trinajstić information content (AvgIpc) is 2.75. The van der Waals surface area contributed by atoms with E-state index in [2.05, 4.69) is 6.58 Å². The molecule has 130 valence electrons. The SMILES string of the molecule is C=CC(C)c1cc2c(c(C)c1OCC)OCc1c(Cl)cccc1C2=O. The van der Waals surface area contributed by atoms with Gasteiger partial charge in [0, 0.05) is 33.2 Å². The molecule has 0 aromatic heterocycles. The number of hydrogen-bond acceptors (Lipinski definition) is 3. The normalized spacial score (nSPS) is 14.0. The molecule has 3 rings (SSSR count). The quantitative estimate of drug-likeness (QED) is 0.682. The number of allylic oxidation sites excluding steroid dienone is 1. The van der Waals surface area contributed by atoms with Crippen molar-refractivity contribution in [2.45, 2.75) is 33.3 Å². The van der Waals surface area contributed by atoms with Gasteiger partial charge in [-0.05, 0) is 26.0 Å². The number of halogens is 1. The average molecular weight is 357 g/mol. The second-order valence-electron chi connectivity index (χ2n) is 6.14. The smallest absolute Gasteiger partial charge is 0.197 e. The van der Waals surface area contributed by atoms with E-state index in [4.69, 9.17) is 21.1 Å². The number of carbonyl (C=O) groups is 1. The Balaban J connectivity index is 2.26. The fraction of sp³-hybridized carbons (Fsp3) is 0.286. The first-order valence-corrected chi connectivity index (χ1v) is 8.75. The van der Waals surface area contributed by atoms with Gasteiger partial charge in [0.25, 0.3) is 0 Å². The molecule has 0 N–H and O–H groups in total. The highest BCUT2D eigenvalue weighted by molar-refractivity contribution is 6.32. The molecule has 0 saturated heterocycles. The van der Waals surface area contributed by atoms with E-state index in [1.54, 1.807) is 18.2 Å². The molecule has 0 aliphatic carbocycles. The Morgan fingerprint density at radius 3 is 2.84 bits per heavy atom. The van der Waals surface area contributed by atoms with Crippen molar-refractivity contribution in [3.05, 3.63) is 69.8 Å². The van der Waals surface area contributed by atoms with Gasteiger partial charge in [0.05, 0.1) is 12.2 Å². The van der Waals surface area contributed by atoms with Gasteiger partial charge in [-0.1, -0.05) is 36.7 Å². The largest absolute Gasteiger partial charge is 0.493 e. The van der Waals surface area contributed by atoms with Gasteiger partial charge in [-0.3, -0.25) is 4.79 Å². The summed E-state index contributed by atoms with van der Waals surface area (Å²) < 4.78 is 11.9. The Hall–Kier alpha value is -2.26. The topological polar surface area (TPSA) is 35.5 Å². The highest BCUT2D eigenvalue weighted by Crippen LogP contribution is 2.42. The lowest BCUT2D eigenvalue weighted by atomic mass is 9.91. The lowest BCUT2D eigenvalue weighted by molar-refractivity contribution is 0.103. The molecule has 0 fully saturated rings. The Bertz CT molecular complexity index is 855. The van der Waals surface area contributed by atoms with Gasteiger partial charge in [-0.2, -0.15) is 0 Å². The van der Waals surface area contributed by atoms with Crippen LogP contribution >= 0.6 is 11.6 Å². The summed E-state index contributed by atoms with van der Waals surface area (Å²) in [5, 5.41) is 0.543. The molecule has 0 amide bonds. The number of ketones is 1. The van der Waals surface area contributed by atoms with E-state index in [-0.39, 0.29) is 18.3 Å². The molecule has 4 heteroatoms. The van der Waals surface area contributed by atoms with Gasteiger partial charge < -0.3 is 9.47 Å². The van der Waals surface area contributed by atoms with Crippen molar-refractivity contribution in [1.82, 2.24) is 0 Å². The molecule has 25 heavy (non-hydrogen) atoms. The van der Waals surface area contributed by atoms with Crippen molar-refractivity contribution in [1.29, 1.82) is 0 Å². The minimum Gasteiger partial charge on any atom is -0.493 e. The fourth-order valence-corrected chi connectivity index (χ4v) is 3.40. The molecule has 0 bridgehead atoms. The third-order valence-electron chi connectivity index (χ3n) is 4.59. The van der Waals surface area contributed by atoms with Crippen LogP contribution in [0.15, 0.2) is 36.9 Å². The van der Waals surface area contributed by atoms with Crippen LogP contribution in [0, 0.1) is 6.92 Å². The standard InChI is InChI=1S/C21H21ClO3/c1-5-12(3)15-10-16-19(23)14-8-7-9-18(22)17(14)11-25-21(16)13(4)20(15)24-6-2/h5,7-10,12H,1,6,11H2,2-4H3. The van der Waals surface area contributed by atoms with Crippen molar-refractivity contribution >= 4 is 17.4 Å². The van der Waals surface area contributed by atoms with Gasteiger partial charge in [-0.25, -0.2) is 0 Å². The number of rotatable bonds is 4. The Kier molecular flexibility index (Phi) is 4.87. The molecule has 0 radical (unpaired) electrons. The van der Waals surface area contributed by atoms with E-state index in [1.165, 1.54) is 0 Å². The van der Waals surface area contributed by atoms with Crippen molar-refractivity contribution in [2.75, 3.05) is 6.61 Å². The van der Waals surface area contributed by atoms with Crippen molar-refractivity contribution in [2.24, 2.45) is 0 Å². The summed E-state index contributed by atoms with van der Waals surface area (Å²) in [4.78, 5) is 13.2.